The predicted molar refractivity (Wildman–Crippen MR) is 127 cm³/mol. The van der Waals surface area contributed by atoms with E-state index in [2.05, 4.69) is 49.1 Å². The molecule has 0 aliphatic rings. The molecule has 31 heavy (non-hydrogen) atoms. The molecule has 3 N–H and O–H groups in total. The SMILES string of the molecule is CC(C)(C)[Si](C)(C)OC[C@H](NC(=O)c1cc2cc(Cl)ncc2[nH]1)C(O)c1ccccc1. The number of aromatic amines is 1. The largest absolute Gasteiger partial charge is 0.415 e. The van der Waals surface area contributed by atoms with Gasteiger partial charge in [0, 0.05) is 5.39 Å². The molecule has 2 atom stereocenters. The van der Waals surface area contributed by atoms with Crippen LogP contribution in [0.15, 0.2) is 48.7 Å². The van der Waals surface area contributed by atoms with Gasteiger partial charge in [-0.15, -0.1) is 0 Å². The molecule has 166 valence electrons. The van der Waals surface area contributed by atoms with Crippen LogP contribution in [0.5, 0.6) is 0 Å². The van der Waals surface area contributed by atoms with Gasteiger partial charge in [-0.2, -0.15) is 0 Å². The number of hydrogen-bond acceptors (Lipinski definition) is 4. The van der Waals surface area contributed by atoms with E-state index in [1.807, 2.05) is 30.3 Å². The lowest BCUT2D eigenvalue weighted by Gasteiger charge is -2.38. The first-order chi connectivity index (χ1) is 14.5. The summed E-state index contributed by atoms with van der Waals surface area (Å²) in [5.41, 5.74) is 1.81. The minimum Gasteiger partial charge on any atom is -0.415 e. The monoisotopic (exact) mass is 459 g/mol. The van der Waals surface area contributed by atoms with Crippen molar-refractivity contribution >= 4 is 36.7 Å². The summed E-state index contributed by atoms with van der Waals surface area (Å²) in [6, 6.07) is 12.1. The van der Waals surface area contributed by atoms with Crippen molar-refractivity contribution in [2.45, 2.75) is 51.0 Å². The van der Waals surface area contributed by atoms with Gasteiger partial charge in [0.15, 0.2) is 8.32 Å². The Hall–Kier alpha value is -2.19. The molecule has 3 aromatic rings. The fraction of sp³-hybridized carbons (Fsp3) is 0.391. The van der Waals surface area contributed by atoms with Gasteiger partial charge in [-0.05, 0) is 35.8 Å². The van der Waals surface area contributed by atoms with Crippen LogP contribution in [0.25, 0.3) is 10.9 Å². The van der Waals surface area contributed by atoms with Crippen molar-refractivity contribution in [2.24, 2.45) is 0 Å². The van der Waals surface area contributed by atoms with Crippen LogP contribution in [0.1, 0.15) is 42.9 Å². The van der Waals surface area contributed by atoms with Crippen molar-refractivity contribution in [3.63, 3.8) is 0 Å². The summed E-state index contributed by atoms with van der Waals surface area (Å²) in [4.78, 5) is 20.1. The molecular weight excluding hydrogens is 430 g/mol. The Morgan fingerprint density at radius 3 is 2.58 bits per heavy atom. The van der Waals surface area contributed by atoms with Crippen LogP contribution in [-0.2, 0) is 4.43 Å². The molecule has 0 saturated heterocycles. The molecule has 8 heteroatoms. The molecule has 2 aromatic heterocycles. The van der Waals surface area contributed by atoms with Gasteiger partial charge in [0.05, 0.1) is 24.4 Å². The van der Waals surface area contributed by atoms with Crippen LogP contribution < -0.4 is 5.32 Å². The number of halogens is 1. The van der Waals surface area contributed by atoms with Crippen LogP contribution in [0, 0.1) is 0 Å². The predicted octanol–water partition coefficient (Wildman–Crippen LogP) is 5.07. The first-order valence-electron chi connectivity index (χ1n) is 10.3. The number of rotatable bonds is 7. The Balaban J connectivity index is 1.83. The van der Waals surface area contributed by atoms with E-state index in [0.29, 0.717) is 16.4 Å². The number of hydrogen-bond donors (Lipinski definition) is 3. The van der Waals surface area contributed by atoms with Gasteiger partial charge >= 0.3 is 0 Å². The number of benzene rings is 1. The minimum atomic E-state index is -2.07. The Kier molecular flexibility index (Phi) is 6.91. The van der Waals surface area contributed by atoms with Crippen molar-refractivity contribution < 1.29 is 14.3 Å². The Labute approximate surface area is 189 Å². The lowest BCUT2D eigenvalue weighted by Crippen LogP contribution is -2.48. The van der Waals surface area contributed by atoms with Crippen molar-refractivity contribution in [2.75, 3.05) is 6.61 Å². The van der Waals surface area contributed by atoms with E-state index >= 15 is 0 Å². The zero-order valence-corrected chi connectivity index (χ0v) is 20.3. The summed E-state index contributed by atoms with van der Waals surface area (Å²) in [5, 5.41) is 15.2. The number of fused-ring (bicyclic) bond motifs is 1. The summed E-state index contributed by atoms with van der Waals surface area (Å²) in [7, 11) is -2.07. The van der Waals surface area contributed by atoms with E-state index in [1.54, 1.807) is 18.3 Å². The summed E-state index contributed by atoms with van der Waals surface area (Å²) >= 11 is 5.95. The molecule has 0 bridgehead atoms. The highest BCUT2D eigenvalue weighted by atomic mass is 35.5. The second-order valence-corrected chi connectivity index (χ2v) is 14.5. The molecule has 6 nitrogen and oxygen atoms in total. The number of carbonyl (C=O) groups is 1. The molecule has 0 aliphatic heterocycles. The van der Waals surface area contributed by atoms with Crippen LogP contribution in [0.2, 0.25) is 23.3 Å². The Morgan fingerprint density at radius 1 is 1.26 bits per heavy atom. The number of aromatic nitrogens is 2. The smallest absolute Gasteiger partial charge is 0.268 e. The second kappa shape index (κ2) is 9.12. The van der Waals surface area contributed by atoms with Crippen molar-refractivity contribution in [1.29, 1.82) is 0 Å². The third-order valence-corrected chi connectivity index (χ3v) is 10.7. The summed E-state index contributed by atoms with van der Waals surface area (Å²) in [6.45, 7) is 11.0. The molecule has 0 saturated carbocycles. The molecule has 0 aliphatic carbocycles. The molecule has 0 spiro atoms. The number of aliphatic hydroxyl groups is 1. The van der Waals surface area contributed by atoms with Gasteiger partial charge in [0.2, 0.25) is 0 Å². The topological polar surface area (TPSA) is 87.2 Å². The quantitative estimate of drug-likeness (QED) is 0.340. The highest BCUT2D eigenvalue weighted by Crippen LogP contribution is 2.37. The van der Waals surface area contributed by atoms with E-state index in [0.717, 1.165) is 10.9 Å². The standard InChI is InChI=1S/C23H30ClN3O3Si/c1-23(2,3)31(4,5)30-14-19(21(28)15-9-7-6-8-10-15)27-22(29)17-11-16-12-20(24)25-13-18(16)26-17/h6-13,19,21,26,28H,14H2,1-5H3,(H,27,29)/t19-,21?/m0/s1. The molecule has 1 aromatic carbocycles. The summed E-state index contributed by atoms with van der Waals surface area (Å²) < 4.78 is 6.34. The lowest BCUT2D eigenvalue weighted by atomic mass is 10.0. The molecule has 0 radical (unpaired) electrons. The highest BCUT2D eigenvalue weighted by Gasteiger charge is 2.38. The zero-order valence-electron chi connectivity index (χ0n) is 18.6. The number of amides is 1. The third-order valence-electron chi connectivity index (χ3n) is 5.99. The van der Waals surface area contributed by atoms with Gasteiger partial charge in [0.1, 0.15) is 17.0 Å². The number of nitrogens with zero attached hydrogens (tertiary/aromatic N) is 1. The first-order valence-corrected chi connectivity index (χ1v) is 13.6. The molecular formula is C23H30ClN3O3Si. The third kappa shape index (κ3) is 5.54. The first kappa shape index (κ1) is 23.5. The van der Waals surface area contributed by atoms with E-state index in [-0.39, 0.29) is 17.6 Å². The molecule has 3 rings (SSSR count). The van der Waals surface area contributed by atoms with Crippen molar-refractivity contribution in [3.05, 3.63) is 65.1 Å². The maximum Gasteiger partial charge on any atom is 0.268 e. The minimum absolute atomic E-state index is 0.0166. The van der Waals surface area contributed by atoms with Crippen LogP contribution in [0.3, 0.4) is 0 Å². The molecule has 0 fully saturated rings. The van der Waals surface area contributed by atoms with Gasteiger partial charge in [-0.1, -0.05) is 62.7 Å². The normalized spacial score (nSPS) is 14.4. The van der Waals surface area contributed by atoms with Crippen molar-refractivity contribution in [3.8, 4) is 0 Å². The van der Waals surface area contributed by atoms with E-state index < -0.39 is 20.5 Å². The van der Waals surface area contributed by atoms with Gasteiger partial charge in [0.25, 0.3) is 5.91 Å². The van der Waals surface area contributed by atoms with Crippen molar-refractivity contribution in [1.82, 2.24) is 15.3 Å². The second-order valence-electron chi connectivity index (χ2n) is 9.28. The number of nitrogens with one attached hydrogen (secondary N) is 2. The summed E-state index contributed by atoms with van der Waals surface area (Å²) in [5.74, 6) is -0.328. The average molecular weight is 460 g/mol. The molecule has 2 heterocycles. The fourth-order valence-corrected chi connectivity index (χ4v) is 4.18. The number of pyridine rings is 1. The van der Waals surface area contributed by atoms with E-state index in [1.165, 1.54) is 0 Å². The molecule has 1 unspecified atom stereocenters. The van der Waals surface area contributed by atoms with Gasteiger partial charge < -0.3 is 19.8 Å². The Bertz CT molecular complexity index is 1050. The molecule has 1 amide bonds. The number of H-pyrrole nitrogens is 1. The zero-order chi connectivity index (χ0) is 22.8. The van der Waals surface area contributed by atoms with E-state index in [4.69, 9.17) is 16.0 Å². The highest BCUT2D eigenvalue weighted by molar-refractivity contribution is 6.74. The average Bonchev–Trinajstić information content (AvgIpc) is 3.13. The van der Waals surface area contributed by atoms with Gasteiger partial charge in [-0.3, -0.25) is 4.79 Å². The van der Waals surface area contributed by atoms with Crippen LogP contribution in [0.4, 0.5) is 0 Å². The number of aliphatic hydroxyl groups excluding tert-OH is 1. The Morgan fingerprint density at radius 2 is 1.94 bits per heavy atom. The summed E-state index contributed by atoms with van der Waals surface area (Å²) in [6.07, 6.45) is 0.682. The van der Waals surface area contributed by atoms with Gasteiger partial charge in [-0.25, -0.2) is 4.98 Å². The van der Waals surface area contributed by atoms with Crippen LogP contribution in [-0.4, -0.2) is 41.9 Å². The fourth-order valence-electron chi connectivity index (χ4n) is 2.98. The lowest BCUT2D eigenvalue weighted by molar-refractivity contribution is 0.0714. The maximum absolute atomic E-state index is 13.0. The van der Waals surface area contributed by atoms with E-state index in [9.17, 15) is 9.90 Å². The maximum atomic E-state index is 13.0. The number of carbonyl (C=O) groups excluding carboxylic acids is 1. The van der Waals surface area contributed by atoms with Crippen LogP contribution >= 0.6 is 11.6 Å².